The van der Waals surface area contributed by atoms with Crippen LogP contribution in [0, 0.1) is 0 Å². The maximum atomic E-state index is 11.6. The first-order chi connectivity index (χ1) is 8.65. The largest absolute Gasteiger partial charge is 0.460 e. The van der Waals surface area contributed by atoms with E-state index in [1.807, 2.05) is 0 Å². The molecule has 7 heteroatoms. The van der Waals surface area contributed by atoms with Crippen LogP contribution in [0.4, 0.5) is 5.69 Å². The molecule has 1 heterocycles. The molecule has 100 valence electrons. The van der Waals surface area contributed by atoms with Crippen molar-refractivity contribution in [1.82, 2.24) is 4.98 Å². The lowest BCUT2D eigenvalue weighted by molar-refractivity contribution is 0.0213. The normalized spacial score (nSPS) is 10.3. The number of carbonyl (C=O) groups excluding carboxylic acids is 1. The molecule has 0 atom stereocenters. The molecule has 0 saturated carbocycles. The van der Waals surface area contributed by atoms with Crippen molar-refractivity contribution in [3.63, 3.8) is 0 Å². The lowest BCUT2D eigenvalue weighted by Gasteiger charge is -2.07. The first-order valence-corrected chi connectivity index (χ1v) is 5.67. The van der Waals surface area contributed by atoms with Gasteiger partial charge < -0.3 is 19.9 Å². The highest BCUT2D eigenvalue weighted by Crippen LogP contribution is 2.16. The summed E-state index contributed by atoms with van der Waals surface area (Å²) in [5.74, 6) is -0.574. The summed E-state index contributed by atoms with van der Waals surface area (Å²) in [5.41, 5.74) is 6.00. The zero-order valence-electron chi connectivity index (χ0n) is 10.0. The van der Waals surface area contributed by atoms with Gasteiger partial charge in [0.15, 0.2) is 0 Å². The molecule has 18 heavy (non-hydrogen) atoms. The van der Waals surface area contributed by atoms with Crippen molar-refractivity contribution in [3.8, 4) is 0 Å². The Kier molecular flexibility index (Phi) is 6.42. The fourth-order valence-electron chi connectivity index (χ4n) is 1.12. The summed E-state index contributed by atoms with van der Waals surface area (Å²) in [6.07, 6.45) is 1.37. The van der Waals surface area contributed by atoms with Gasteiger partial charge in [-0.15, -0.1) is 0 Å². The molecular formula is C11H15ClN2O4. The van der Waals surface area contributed by atoms with Crippen LogP contribution in [0.15, 0.2) is 12.3 Å². The fourth-order valence-corrected chi connectivity index (χ4v) is 1.30. The van der Waals surface area contributed by atoms with E-state index >= 15 is 0 Å². The molecule has 0 saturated heterocycles. The zero-order valence-corrected chi connectivity index (χ0v) is 10.8. The number of ether oxygens (including phenoxy) is 3. The molecule has 2 N–H and O–H groups in total. The zero-order chi connectivity index (χ0) is 13.4. The molecule has 0 aliphatic heterocycles. The number of nitrogen functional groups attached to an aromatic ring is 1. The summed E-state index contributed by atoms with van der Waals surface area (Å²) in [5, 5.41) is 0.0644. The van der Waals surface area contributed by atoms with Gasteiger partial charge >= 0.3 is 5.97 Å². The van der Waals surface area contributed by atoms with Crippen LogP contribution in [0.2, 0.25) is 5.15 Å². The van der Waals surface area contributed by atoms with E-state index in [2.05, 4.69) is 4.98 Å². The van der Waals surface area contributed by atoms with Gasteiger partial charge in [-0.1, -0.05) is 11.6 Å². The van der Waals surface area contributed by atoms with E-state index in [-0.39, 0.29) is 17.3 Å². The van der Waals surface area contributed by atoms with Crippen molar-refractivity contribution in [3.05, 3.63) is 23.0 Å². The Bertz CT molecular complexity index is 401. The molecule has 0 spiro atoms. The molecule has 0 aliphatic rings. The van der Waals surface area contributed by atoms with E-state index in [9.17, 15) is 4.79 Å². The second-order valence-corrected chi connectivity index (χ2v) is 3.71. The third-order valence-corrected chi connectivity index (χ3v) is 2.27. The van der Waals surface area contributed by atoms with Crippen LogP contribution in [0.1, 0.15) is 10.4 Å². The second kappa shape index (κ2) is 7.86. The highest BCUT2D eigenvalue weighted by Gasteiger charge is 2.13. The van der Waals surface area contributed by atoms with Gasteiger partial charge in [0.2, 0.25) is 0 Å². The minimum atomic E-state index is -0.574. The lowest BCUT2D eigenvalue weighted by atomic mass is 10.3. The van der Waals surface area contributed by atoms with Gasteiger partial charge in [-0.2, -0.15) is 0 Å². The summed E-state index contributed by atoms with van der Waals surface area (Å²) in [7, 11) is 1.58. The van der Waals surface area contributed by atoms with Crippen LogP contribution in [0.3, 0.4) is 0 Å². The number of anilines is 1. The highest BCUT2D eigenvalue weighted by atomic mass is 35.5. The van der Waals surface area contributed by atoms with Crippen molar-refractivity contribution in [2.45, 2.75) is 0 Å². The number of esters is 1. The molecule has 1 aromatic heterocycles. The van der Waals surface area contributed by atoms with Gasteiger partial charge in [-0.05, 0) is 6.07 Å². The molecule has 0 aliphatic carbocycles. The predicted octanol–water partition coefficient (Wildman–Crippen LogP) is 1.14. The van der Waals surface area contributed by atoms with Gasteiger partial charge in [-0.25, -0.2) is 9.78 Å². The van der Waals surface area contributed by atoms with Crippen LogP contribution in [-0.4, -0.2) is 44.5 Å². The van der Waals surface area contributed by atoms with Crippen molar-refractivity contribution < 1.29 is 19.0 Å². The van der Waals surface area contributed by atoms with Crippen molar-refractivity contribution in [2.75, 3.05) is 39.3 Å². The molecule has 0 radical (unpaired) electrons. The molecule has 0 amide bonds. The monoisotopic (exact) mass is 274 g/mol. The van der Waals surface area contributed by atoms with Gasteiger partial charge in [-0.3, -0.25) is 0 Å². The number of carbonyl (C=O) groups is 1. The molecule has 0 unspecified atom stereocenters. The highest BCUT2D eigenvalue weighted by molar-refractivity contribution is 6.32. The first kappa shape index (κ1) is 14.7. The van der Waals surface area contributed by atoms with E-state index < -0.39 is 5.97 Å². The number of aromatic nitrogens is 1. The molecule has 0 bridgehead atoms. The number of rotatable bonds is 7. The number of halogens is 1. The third-order valence-electron chi connectivity index (χ3n) is 1.97. The van der Waals surface area contributed by atoms with Crippen LogP contribution >= 0.6 is 11.6 Å². The average molecular weight is 275 g/mol. The molecular weight excluding hydrogens is 260 g/mol. The van der Waals surface area contributed by atoms with Crippen molar-refractivity contribution >= 4 is 23.3 Å². The summed E-state index contributed by atoms with van der Waals surface area (Å²) >= 11 is 5.76. The number of hydrogen-bond acceptors (Lipinski definition) is 6. The maximum absolute atomic E-state index is 11.6. The van der Waals surface area contributed by atoms with Crippen LogP contribution in [-0.2, 0) is 14.2 Å². The Morgan fingerprint density at radius 1 is 1.39 bits per heavy atom. The van der Waals surface area contributed by atoms with Crippen LogP contribution in [0.5, 0.6) is 0 Å². The minimum absolute atomic E-state index is 0.0644. The van der Waals surface area contributed by atoms with Crippen LogP contribution < -0.4 is 5.73 Å². The van der Waals surface area contributed by atoms with E-state index in [0.29, 0.717) is 25.5 Å². The van der Waals surface area contributed by atoms with E-state index in [1.54, 1.807) is 7.11 Å². The number of nitrogens with two attached hydrogens (primary N) is 1. The van der Waals surface area contributed by atoms with Gasteiger partial charge in [0.05, 0.1) is 37.3 Å². The second-order valence-electron chi connectivity index (χ2n) is 3.35. The average Bonchev–Trinajstić information content (AvgIpc) is 2.36. The SMILES string of the molecule is COCCOCCOC(=O)c1cc(N)cnc1Cl. The Morgan fingerprint density at radius 3 is 2.83 bits per heavy atom. The minimum Gasteiger partial charge on any atom is -0.460 e. The van der Waals surface area contributed by atoms with Crippen molar-refractivity contribution in [2.24, 2.45) is 0 Å². The maximum Gasteiger partial charge on any atom is 0.341 e. The Hall–Kier alpha value is -1.37. The summed E-state index contributed by atoms with van der Waals surface area (Å²) < 4.78 is 14.9. The van der Waals surface area contributed by atoms with Crippen LogP contribution in [0.25, 0.3) is 0 Å². The number of methoxy groups -OCH3 is 1. The Balaban J connectivity index is 2.34. The van der Waals surface area contributed by atoms with Crippen molar-refractivity contribution in [1.29, 1.82) is 0 Å². The van der Waals surface area contributed by atoms with Gasteiger partial charge in [0.1, 0.15) is 11.8 Å². The third kappa shape index (κ3) is 4.87. The summed E-state index contributed by atoms with van der Waals surface area (Å²) in [4.78, 5) is 15.4. The smallest absolute Gasteiger partial charge is 0.341 e. The molecule has 1 aromatic rings. The van der Waals surface area contributed by atoms with E-state index in [1.165, 1.54) is 12.3 Å². The predicted molar refractivity (Wildman–Crippen MR) is 66.6 cm³/mol. The van der Waals surface area contributed by atoms with Gasteiger partial charge in [0.25, 0.3) is 0 Å². The number of nitrogens with zero attached hydrogens (tertiary/aromatic N) is 1. The standard InChI is InChI=1S/C11H15ClN2O4/c1-16-2-3-17-4-5-18-11(15)9-6-8(13)7-14-10(9)12/h6-7H,2-5,13H2,1H3. The summed E-state index contributed by atoms with van der Waals surface area (Å²) in [6.45, 7) is 1.38. The van der Waals surface area contributed by atoms with E-state index in [4.69, 9.17) is 31.5 Å². The molecule has 0 aromatic carbocycles. The topological polar surface area (TPSA) is 83.7 Å². The summed E-state index contributed by atoms with van der Waals surface area (Å²) in [6, 6.07) is 1.42. The van der Waals surface area contributed by atoms with E-state index in [0.717, 1.165) is 0 Å². The first-order valence-electron chi connectivity index (χ1n) is 5.30. The number of pyridine rings is 1. The molecule has 0 fully saturated rings. The lowest BCUT2D eigenvalue weighted by Crippen LogP contribution is -2.13. The number of hydrogen-bond donors (Lipinski definition) is 1. The Morgan fingerprint density at radius 2 is 2.11 bits per heavy atom. The van der Waals surface area contributed by atoms with Gasteiger partial charge in [0, 0.05) is 7.11 Å². The Labute approximate surface area is 110 Å². The quantitative estimate of drug-likeness (QED) is 0.456. The fraction of sp³-hybridized carbons (Fsp3) is 0.455. The molecule has 6 nitrogen and oxygen atoms in total. The molecule has 1 rings (SSSR count).